The van der Waals surface area contributed by atoms with E-state index in [1.54, 1.807) is 6.07 Å². The third kappa shape index (κ3) is 6.24. The van der Waals surface area contributed by atoms with Gasteiger partial charge in [0, 0.05) is 49.9 Å². The summed E-state index contributed by atoms with van der Waals surface area (Å²) in [6.45, 7) is 8.87. The van der Waals surface area contributed by atoms with Crippen LogP contribution in [0, 0.1) is 0 Å². The summed E-state index contributed by atoms with van der Waals surface area (Å²) < 4.78 is 5.98. The predicted molar refractivity (Wildman–Crippen MR) is 127 cm³/mol. The maximum Gasteiger partial charge on any atom is 0.257 e. The fraction of sp³-hybridized carbons (Fsp3) is 0.440. The van der Waals surface area contributed by atoms with Crippen molar-refractivity contribution in [3.05, 3.63) is 64.7 Å². The Morgan fingerprint density at radius 3 is 2.44 bits per heavy atom. The number of hydrogen-bond acceptors (Lipinski definition) is 4. The van der Waals surface area contributed by atoms with E-state index in [0.29, 0.717) is 49.1 Å². The van der Waals surface area contributed by atoms with E-state index in [1.165, 1.54) is 0 Å². The van der Waals surface area contributed by atoms with Crippen LogP contribution in [-0.4, -0.2) is 72.3 Å². The molecule has 0 spiro atoms. The van der Waals surface area contributed by atoms with Gasteiger partial charge in [0.15, 0.2) is 0 Å². The van der Waals surface area contributed by atoms with Crippen LogP contribution >= 0.6 is 11.6 Å². The second-order valence-corrected chi connectivity index (χ2v) is 8.27. The lowest BCUT2D eigenvalue weighted by Crippen LogP contribution is -2.42. The van der Waals surface area contributed by atoms with Crippen molar-refractivity contribution in [3.63, 3.8) is 0 Å². The fourth-order valence-electron chi connectivity index (χ4n) is 3.91. The molecule has 32 heavy (non-hydrogen) atoms. The Kier molecular flexibility index (Phi) is 8.94. The van der Waals surface area contributed by atoms with Crippen molar-refractivity contribution in [2.75, 3.05) is 45.8 Å². The number of likely N-dealkylation sites (N-methyl/N-ethyl adjacent to an activating group) is 1. The molecule has 1 aliphatic rings. The molecular weight excluding hydrogens is 426 g/mol. The van der Waals surface area contributed by atoms with E-state index in [4.69, 9.17) is 16.3 Å². The van der Waals surface area contributed by atoms with E-state index < -0.39 is 0 Å². The van der Waals surface area contributed by atoms with Gasteiger partial charge in [0.1, 0.15) is 12.4 Å². The molecular formula is C25H32ClN3O3. The van der Waals surface area contributed by atoms with E-state index in [1.807, 2.05) is 66.1 Å². The Hall–Kier alpha value is -2.57. The van der Waals surface area contributed by atoms with Crippen LogP contribution in [0.25, 0.3) is 0 Å². The number of nitrogens with zero attached hydrogens (tertiary/aromatic N) is 3. The van der Waals surface area contributed by atoms with Crippen molar-refractivity contribution >= 4 is 23.4 Å². The van der Waals surface area contributed by atoms with Gasteiger partial charge in [0.25, 0.3) is 5.91 Å². The summed E-state index contributed by atoms with van der Waals surface area (Å²) in [5, 5.41) is 0.642. The average Bonchev–Trinajstić information content (AvgIpc) is 3.04. The van der Waals surface area contributed by atoms with Gasteiger partial charge in [-0.15, -0.1) is 0 Å². The Labute approximate surface area is 195 Å². The van der Waals surface area contributed by atoms with Crippen LogP contribution < -0.4 is 4.74 Å². The zero-order valence-corrected chi connectivity index (χ0v) is 19.7. The highest BCUT2D eigenvalue weighted by molar-refractivity contribution is 6.31. The highest BCUT2D eigenvalue weighted by atomic mass is 35.5. The lowest BCUT2D eigenvalue weighted by molar-refractivity contribution is -0.132. The molecule has 6 nitrogen and oxygen atoms in total. The lowest BCUT2D eigenvalue weighted by Gasteiger charge is -2.25. The van der Waals surface area contributed by atoms with Crippen molar-refractivity contribution in [1.82, 2.24) is 14.7 Å². The predicted octanol–water partition coefficient (Wildman–Crippen LogP) is 3.94. The Morgan fingerprint density at radius 1 is 0.969 bits per heavy atom. The maximum atomic E-state index is 13.3. The summed E-state index contributed by atoms with van der Waals surface area (Å²) in [6.07, 6.45) is 0.833. The Bertz CT molecular complexity index is 917. The summed E-state index contributed by atoms with van der Waals surface area (Å²) in [4.78, 5) is 31.6. The Balaban J connectivity index is 1.63. The van der Waals surface area contributed by atoms with E-state index in [9.17, 15) is 9.59 Å². The van der Waals surface area contributed by atoms with Gasteiger partial charge in [-0.25, -0.2) is 0 Å². The van der Waals surface area contributed by atoms with Gasteiger partial charge in [-0.05, 0) is 38.5 Å². The first-order chi connectivity index (χ1) is 15.5. The van der Waals surface area contributed by atoms with Gasteiger partial charge >= 0.3 is 0 Å². The second-order valence-electron chi connectivity index (χ2n) is 7.86. The molecule has 1 heterocycles. The molecule has 0 N–H and O–H groups in total. The van der Waals surface area contributed by atoms with Gasteiger partial charge in [-0.1, -0.05) is 41.9 Å². The van der Waals surface area contributed by atoms with Crippen LogP contribution in [0.5, 0.6) is 5.75 Å². The van der Waals surface area contributed by atoms with Crippen LogP contribution in [0.1, 0.15) is 36.2 Å². The molecule has 1 aliphatic heterocycles. The highest BCUT2D eigenvalue weighted by Gasteiger charge is 2.24. The summed E-state index contributed by atoms with van der Waals surface area (Å²) in [7, 11) is 0. The molecule has 0 unspecified atom stereocenters. The number of halogens is 1. The number of hydrogen-bond donors (Lipinski definition) is 0. The minimum Gasteiger partial charge on any atom is -0.488 e. The minimum atomic E-state index is -0.0447. The Morgan fingerprint density at radius 2 is 1.69 bits per heavy atom. The number of ether oxygens (including phenoxy) is 1. The van der Waals surface area contributed by atoms with E-state index in [2.05, 4.69) is 4.90 Å². The highest BCUT2D eigenvalue weighted by Crippen LogP contribution is 2.24. The first-order valence-electron chi connectivity index (χ1n) is 11.3. The monoisotopic (exact) mass is 457 g/mol. The van der Waals surface area contributed by atoms with Crippen LogP contribution in [-0.2, 0) is 11.4 Å². The zero-order valence-electron chi connectivity index (χ0n) is 18.9. The molecule has 2 amide bonds. The largest absolute Gasteiger partial charge is 0.488 e. The smallest absolute Gasteiger partial charge is 0.257 e. The molecule has 1 saturated heterocycles. The number of benzene rings is 2. The van der Waals surface area contributed by atoms with Crippen LogP contribution in [0.2, 0.25) is 5.02 Å². The van der Waals surface area contributed by atoms with Gasteiger partial charge in [0.05, 0.1) is 12.1 Å². The molecule has 0 bridgehead atoms. The molecule has 2 aromatic rings. The molecule has 7 heteroatoms. The van der Waals surface area contributed by atoms with Crippen LogP contribution in [0.3, 0.4) is 0 Å². The lowest BCUT2D eigenvalue weighted by atomic mass is 10.1. The first-order valence-corrected chi connectivity index (χ1v) is 11.7. The molecule has 0 saturated carbocycles. The van der Waals surface area contributed by atoms with E-state index >= 15 is 0 Å². The van der Waals surface area contributed by atoms with Gasteiger partial charge in [-0.3, -0.25) is 14.5 Å². The first kappa shape index (κ1) is 24.1. The van der Waals surface area contributed by atoms with Crippen molar-refractivity contribution in [1.29, 1.82) is 0 Å². The quantitative estimate of drug-likeness (QED) is 0.602. The minimum absolute atomic E-state index is 0.0447. The summed E-state index contributed by atoms with van der Waals surface area (Å²) in [5.74, 6) is 0.653. The van der Waals surface area contributed by atoms with Crippen LogP contribution in [0.15, 0.2) is 48.5 Å². The van der Waals surface area contributed by atoms with Crippen molar-refractivity contribution in [2.24, 2.45) is 0 Å². The molecule has 0 atom stereocenters. The number of para-hydroxylation sites is 1. The molecule has 172 valence electrons. The normalized spacial score (nSPS) is 14.7. The van der Waals surface area contributed by atoms with Crippen molar-refractivity contribution in [2.45, 2.75) is 26.9 Å². The SMILES string of the molecule is CCN(CC)C(=O)CN1CCCN(C(=O)c2ccccc2OCc2ccccc2Cl)CC1. The van der Waals surface area contributed by atoms with Gasteiger partial charge in [-0.2, -0.15) is 0 Å². The molecule has 3 rings (SSSR count). The average molecular weight is 458 g/mol. The standard InChI is InChI=1S/C25H32ClN3O3/c1-3-28(4-2)24(30)18-27-14-9-15-29(17-16-27)25(31)21-11-6-8-13-23(21)32-19-20-10-5-7-12-22(20)26/h5-8,10-13H,3-4,9,14-19H2,1-2H3. The summed E-state index contributed by atoms with van der Waals surface area (Å²) >= 11 is 6.23. The van der Waals surface area contributed by atoms with Gasteiger partial charge in [0.2, 0.25) is 5.91 Å². The molecule has 1 fully saturated rings. The number of amides is 2. The molecule has 2 aromatic carbocycles. The summed E-state index contributed by atoms with van der Waals surface area (Å²) in [6, 6.07) is 14.9. The van der Waals surface area contributed by atoms with Crippen LogP contribution in [0.4, 0.5) is 0 Å². The summed E-state index contributed by atoms with van der Waals surface area (Å²) in [5.41, 5.74) is 1.42. The maximum absolute atomic E-state index is 13.3. The molecule has 0 aromatic heterocycles. The number of carbonyl (C=O) groups is 2. The second kappa shape index (κ2) is 11.9. The topological polar surface area (TPSA) is 53.1 Å². The molecule has 0 aliphatic carbocycles. The van der Waals surface area contributed by atoms with Crippen molar-refractivity contribution < 1.29 is 14.3 Å². The zero-order chi connectivity index (χ0) is 22.9. The molecule has 0 radical (unpaired) electrons. The van der Waals surface area contributed by atoms with E-state index in [-0.39, 0.29) is 11.8 Å². The van der Waals surface area contributed by atoms with E-state index in [0.717, 1.165) is 31.6 Å². The van der Waals surface area contributed by atoms with Gasteiger partial charge < -0.3 is 14.5 Å². The van der Waals surface area contributed by atoms with Crippen molar-refractivity contribution in [3.8, 4) is 5.75 Å². The number of carbonyl (C=O) groups excluding carboxylic acids is 2. The third-order valence-electron chi connectivity index (χ3n) is 5.81. The third-order valence-corrected chi connectivity index (χ3v) is 6.18. The fourth-order valence-corrected chi connectivity index (χ4v) is 4.10. The number of rotatable bonds is 8.